The molecule has 2 amide bonds. The van der Waals surface area contributed by atoms with Crippen LogP contribution in [0.4, 0.5) is 11.4 Å². The number of aryl methyl sites for hydroxylation is 1. The fraction of sp³-hybridized carbons (Fsp3) is 0.115. The van der Waals surface area contributed by atoms with Crippen molar-refractivity contribution in [3.63, 3.8) is 0 Å². The first-order chi connectivity index (χ1) is 16.4. The minimum Gasteiger partial charge on any atom is -0.321 e. The van der Waals surface area contributed by atoms with Crippen LogP contribution in [0.15, 0.2) is 87.9 Å². The predicted octanol–water partition coefficient (Wildman–Crippen LogP) is 6.48. The number of nitrogens with zero attached hydrogens (tertiary/aromatic N) is 2. The Morgan fingerprint density at radius 3 is 2.35 bits per heavy atom. The fourth-order valence-corrected chi connectivity index (χ4v) is 5.18. The average molecular weight is 553 g/mol. The molecule has 0 spiro atoms. The van der Waals surface area contributed by atoms with Gasteiger partial charge >= 0.3 is 0 Å². The van der Waals surface area contributed by atoms with Crippen molar-refractivity contribution in [1.29, 1.82) is 5.26 Å². The van der Waals surface area contributed by atoms with Crippen LogP contribution in [0.2, 0.25) is 5.02 Å². The Kier molecular flexibility index (Phi) is 7.42. The first-order valence-electron chi connectivity index (χ1n) is 10.4. The normalized spacial score (nSPS) is 16.8. The molecule has 5 nitrogen and oxygen atoms in total. The molecule has 3 aromatic rings. The van der Waals surface area contributed by atoms with E-state index in [9.17, 15) is 14.9 Å². The summed E-state index contributed by atoms with van der Waals surface area (Å²) in [6, 6.07) is 23.8. The maximum absolute atomic E-state index is 13.5. The van der Waals surface area contributed by atoms with E-state index in [0.29, 0.717) is 27.8 Å². The van der Waals surface area contributed by atoms with Crippen LogP contribution in [0, 0.1) is 18.3 Å². The molecular weight excluding hydrogens is 534 g/mol. The zero-order valence-electron chi connectivity index (χ0n) is 18.1. The molecular formula is C26H19BrClN3O2S. The van der Waals surface area contributed by atoms with Gasteiger partial charge in [-0.3, -0.25) is 14.5 Å². The molecule has 0 aliphatic carbocycles. The van der Waals surface area contributed by atoms with Crippen LogP contribution in [-0.4, -0.2) is 17.1 Å². The van der Waals surface area contributed by atoms with Gasteiger partial charge in [0.1, 0.15) is 16.7 Å². The highest BCUT2D eigenvalue weighted by Crippen LogP contribution is 2.42. The number of nitriles is 1. The average Bonchev–Trinajstić information content (AvgIpc) is 3.13. The van der Waals surface area contributed by atoms with Gasteiger partial charge in [-0.05, 0) is 67.4 Å². The lowest BCUT2D eigenvalue weighted by atomic mass is 10.1. The number of carbonyl (C=O) groups is 2. The van der Waals surface area contributed by atoms with E-state index in [1.165, 1.54) is 16.7 Å². The number of amides is 2. The van der Waals surface area contributed by atoms with E-state index in [2.05, 4.69) is 21.2 Å². The maximum Gasteiger partial charge on any atom is 0.269 e. The standard InChI is InChI=1S/C26H19BrClN3O2S/c1-16-2-10-20(11-3-16)30-24(32)22(15-29)26-31(21-12-6-18(27)7-13-21)25(33)23(34-26)14-17-4-8-19(28)9-5-17/h2-13,23H,14H2,1H3,(H,30,32)/b26-22-. The smallest absolute Gasteiger partial charge is 0.269 e. The van der Waals surface area contributed by atoms with Crippen LogP contribution in [0.25, 0.3) is 0 Å². The largest absolute Gasteiger partial charge is 0.321 e. The predicted molar refractivity (Wildman–Crippen MR) is 141 cm³/mol. The Morgan fingerprint density at radius 1 is 1.09 bits per heavy atom. The molecule has 1 saturated heterocycles. The lowest BCUT2D eigenvalue weighted by Gasteiger charge is -2.19. The van der Waals surface area contributed by atoms with Gasteiger partial charge in [-0.2, -0.15) is 5.26 Å². The quantitative estimate of drug-likeness (QED) is 0.291. The van der Waals surface area contributed by atoms with E-state index in [-0.39, 0.29) is 11.5 Å². The summed E-state index contributed by atoms with van der Waals surface area (Å²) in [6.45, 7) is 1.95. The van der Waals surface area contributed by atoms with Gasteiger partial charge in [0.2, 0.25) is 5.91 Å². The van der Waals surface area contributed by atoms with Crippen molar-refractivity contribution in [1.82, 2.24) is 0 Å². The van der Waals surface area contributed by atoms with Gasteiger partial charge in [0.25, 0.3) is 5.91 Å². The summed E-state index contributed by atoms with van der Waals surface area (Å²) in [5.41, 5.74) is 3.05. The molecule has 8 heteroatoms. The van der Waals surface area contributed by atoms with Crippen molar-refractivity contribution in [3.8, 4) is 6.07 Å². The maximum atomic E-state index is 13.5. The third kappa shape index (κ3) is 5.36. The molecule has 34 heavy (non-hydrogen) atoms. The Balaban J connectivity index is 1.71. The Labute approximate surface area is 215 Å². The minimum atomic E-state index is -0.559. The van der Waals surface area contributed by atoms with E-state index in [1.54, 1.807) is 36.4 Å². The number of anilines is 2. The van der Waals surface area contributed by atoms with Gasteiger partial charge < -0.3 is 5.32 Å². The summed E-state index contributed by atoms with van der Waals surface area (Å²) >= 11 is 10.6. The third-order valence-corrected chi connectivity index (χ3v) is 7.28. The number of halogens is 2. The molecule has 170 valence electrons. The van der Waals surface area contributed by atoms with E-state index in [4.69, 9.17) is 11.6 Å². The second-order valence-corrected chi connectivity index (χ2v) is 10.2. The van der Waals surface area contributed by atoms with Crippen molar-refractivity contribution in [2.75, 3.05) is 10.2 Å². The highest BCUT2D eigenvalue weighted by atomic mass is 79.9. The molecule has 3 aromatic carbocycles. The number of benzene rings is 3. The fourth-order valence-electron chi connectivity index (χ4n) is 3.48. The van der Waals surface area contributed by atoms with Gasteiger partial charge in [0.15, 0.2) is 0 Å². The highest BCUT2D eigenvalue weighted by Gasteiger charge is 2.40. The highest BCUT2D eigenvalue weighted by molar-refractivity contribution is 9.10. The van der Waals surface area contributed by atoms with Crippen molar-refractivity contribution in [2.45, 2.75) is 18.6 Å². The molecule has 1 N–H and O–H groups in total. The molecule has 1 aliphatic rings. The zero-order chi connectivity index (χ0) is 24.2. The minimum absolute atomic E-state index is 0.111. The van der Waals surface area contributed by atoms with Crippen LogP contribution < -0.4 is 10.2 Å². The number of thioether (sulfide) groups is 1. The number of nitrogens with one attached hydrogen (secondary N) is 1. The summed E-state index contributed by atoms with van der Waals surface area (Å²) < 4.78 is 0.858. The van der Waals surface area contributed by atoms with E-state index < -0.39 is 11.2 Å². The van der Waals surface area contributed by atoms with Crippen LogP contribution in [0.3, 0.4) is 0 Å². The summed E-state index contributed by atoms with van der Waals surface area (Å²) in [7, 11) is 0. The summed E-state index contributed by atoms with van der Waals surface area (Å²) in [5, 5.41) is 13.2. The molecule has 0 aromatic heterocycles. The van der Waals surface area contributed by atoms with Crippen molar-refractivity contribution >= 4 is 62.5 Å². The molecule has 1 atom stereocenters. The second-order valence-electron chi connectivity index (χ2n) is 7.70. The Bertz CT molecular complexity index is 1300. The van der Waals surface area contributed by atoms with E-state index in [1.807, 2.05) is 49.4 Å². The van der Waals surface area contributed by atoms with Crippen LogP contribution in [-0.2, 0) is 16.0 Å². The zero-order valence-corrected chi connectivity index (χ0v) is 21.2. The van der Waals surface area contributed by atoms with Gasteiger partial charge in [-0.15, -0.1) is 0 Å². The molecule has 0 radical (unpaired) electrons. The van der Waals surface area contributed by atoms with Crippen LogP contribution in [0.1, 0.15) is 11.1 Å². The summed E-state index contributed by atoms with van der Waals surface area (Å²) in [6.07, 6.45) is 0.440. The monoisotopic (exact) mass is 551 g/mol. The van der Waals surface area contributed by atoms with Crippen molar-refractivity contribution in [2.24, 2.45) is 0 Å². The molecule has 0 saturated carbocycles. The molecule has 4 rings (SSSR count). The third-order valence-electron chi connectivity index (χ3n) is 5.23. The van der Waals surface area contributed by atoms with Crippen molar-refractivity contribution in [3.05, 3.63) is 104 Å². The Morgan fingerprint density at radius 2 is 1.74 bits per heavy atom. The molecule has 0 bridgehead atoms. The van der Waals surface area contributed by atoms with Gasteiger partial charge in [0.05, 0.1) is 5.25 Å². The van der Waals surface area contributed by atoms with E-state index in [0.717, 1.165) is 15.6 Å². The molecule has 1 aliphatic heterocycles. The first-order valence-corrected chi connectivity index (χ1v) is 12.4. The SMILES string of the molecule is Cc1ccc(NC(=O)/C(C#N)=C2\SC(Cc3ccc(Cl)cc3)C(=O)N2c2ccc(Br)cc2)cc1. The summed E-state index contributed by atoms with van der Waals surface area (Å²) in [5.74, 6) is -0.746. The van der Waals surface area contributed by atoms with Crippen molar-refractivity contribution < 1.29 is 9.59 Å². The van der Waals surface area contributed by atoms with Gasteiger partial charge in [-0.25, -0.2) is 0 Å². The van der Waals surface area contributed by atoms with Gasteiger partial charge in [0, 0.05) is 20.9 Å². The molecule has 1 fully saturated rings. The summed E-state index contributed by atoms with van der Waals surface area (Å²) in [4.78, 5) is 28.1. The van der Waals surface area contributed by atoms with Crippen LogP contribution >= 0.6 is 39.3 Å². The number of carbonyl (C=O) groups excluding carboxylic acids is 2. The molecule has 1 heterocycles. The van der Waals surface area contributed by atoms with Gasteiger partial charge in [-0.1, -0.05) is 69.1 Å². The Hall–Kier alpha value is -3.05. The number of hydrogen-bond acceptors (Lipinski definition) is 4. The lowest BCUT2D eigenvalue weighted by Crippen LogP contribution is -2.30. The molecule has 1 unspecified atom stereocenters. The number of hydrogen-bond donors (Lipinski definition) is 1. The van der Waals surface area contributed by atoms with E-state index >= 15 is 0 Å². The number of rotatable bonds is 5. The topological polar surface area (TPSA) is 73.2 Å². The van der Waals surface area contributed by atoms with Crippen LogP contribution in [0.5, 0.6) is 0 Å². The lowest BCUT2D eigenvalue weighted by molar-refractivity contribution is -0.117. The second kappa shape index (κ2) is 10.5. The first kappa shape index (κ1) is 24.1.